The predicted molar refractivity (Wildman–Crippen MR) is 37.5 cm³/mol. The molecule has 0 aliphatic heterocycles. The van der Waals surface area contributed by atoms with Crippen molar-refractivity contribution in [3.8, 4) is 5.88 Å². The number of nitrogens with zero attached hydrogens (tertiary/aromatic N) is 2. The molecule has 5 heteroatoms. The maximum Gasteiger partial charge on any atom is 0.254 e. The Morgan fingerprint density at radius 3 is 3.45 bits per heavy atom. The molecule has 0 aliphatic carbocycles. The molecule has 0 saturated carbocycles. The summed E-state index contributed by atoms with van der Waals surface area (Å²) in [6, 6.07) is -0.933. The summed E-state index contributed by atoms with van der Waals surface area (Å²) < 4.78 is 22.4. The monoisotopic (exact) mass is 154 g/mol. The van der Waals surface area contributed by atoms with Crippen molar-refractivity contribution in [1.29, 1.82) is 0 Å². The van der Waals surface area contributed by atoms with Crippen LogP contribution in [-0.2, 0) is 0 Å². The number of nitrogens with one attached hydrogen (secondary N) is 1. The largest absolute Gasteiger partial charge is 0.493 e. The van der Waals surface area contributed by atoms with Crippen molar-refractivity contribution in [3.05, 3.63) is 28.6 Å². The van der Waals surface area contributed by atoms with Gasteiger partial charge in [-0.05, 0) is 0 Å². The van der Waals surface area contributed by atoms with Crippen molar-refractivity contribution >= 4 is 5.65 Å². The summed E-state index contributed by atoms with van der Waals surface area (Å²) in [5, 5.41) is 12.8. The van der Waals surface area contributed by atoms with Crippen molar-refractivity contribution < 1.29 is 9.22 Å². The normalized spacial score (nSPS) is 14.4. The predicted octanol–water partition coefficient (Wildman–Crippen LogP) is -0.272. The third-order valence-electron chi connectivity index (χ3n) is 1.19. The molecule has 56 valence electrons. The van der Waals surface area contributed by atoms with Gasteiger partial charge < -0.3 is 10.1 Å². The standard InChI is InChI=1S/C6H5N3O2/c10-5-3-6(11)9-4(8-5)1-2-7-9/h1-3,11H,(H,8,10)/i1D,2D,3D. The van der Waals surface area contributed by atoms with E-state index in [0.29, 0.717) is 0 Å². The van der Waals surface area contributed by atoms with Gasteiger partial charge >= 0.3 is 0 Å². The lowest BCUT2D eigenvalue weighted by atomic mass is 10.6. The van der Waals surface area contributed by atoms with Gasteiger partial charge in [0.1, 0.15) is 5.65 Å². The summed E-state index contributed by atoms with van der Waals surface area (Å²) in [6.45, 7) is 0. The van der Waals surface area contributed by atoms with Gasteiger partial charge in [0, 0.05) is 6.04 Å². The number of rotatable bonds is 0. The first-order valence-electron chi connectivity index (χ1n) is 4.30. The minimum atomic E-state index is -0.816. The molecule has 0 bridgehead atoms. The lowest BCUT2D eigenvalue weighted by Crippen LogP contribution is -2.06. The fraction of sp³-hybridized carbons (Fsp3) is 0. The van der Waals surface area contributed by atoms with Crippen molar-refractivity contribution in [2.75, 3.05) is 0 Å². The first-order chi connectivity index (χ1) is 6.52. The molecule has 2 N–H and O–H groups in total. The smallest absolute Gasteiger partial charge is 0.254 e. The van der Waals surface area contributed by atoms with E-state index < -0.39 is 17.5 Å². The van der Waals surface area contributed by atoms with Gasteiger partial charge in [-0.15, -0.1) is 0 Å². The van der Waals surface area contributed by atoms with Crippen molar-refractivity contribution in [2.24, 2.45) is 0 Å². The molecular weight excluding hydrogens is 146 g/mol. The maximum atomic E-state index is 11.0. The van der Waals surface area contributed by atoms with E-state index in [9.17, 15) is 9.90 Å². The second-order valence-electron chi connectivity index (χ2n) is 1.90. The first-order valence-corrected chi connectivity index (χ1v) is 2.80. The molecule has 2 rings (SSSR count). The number of aromatic nitrogens is 3. The van der Waals surface area contributed by atoms with E-state index in [2.05, 4.69) is 10.1 Å². The zero-order valence-electron chi connectivity index (χ0n) is 8.25. The van der Waals surface area contributed by atoms with Crippen LogP contribution >= 0.6 is 0 Å². The summed E-state index contributed by atoms with van der Waals surface area (Å²) in [5.74, 6) is -0.671. The van der Waals surface area contributed by atoms with E-state index in [1.165, 1.54) is 0 Å². The van der Waals surface area contributed by atoms with Crippen molar-refractivity contribution in [1.82, 2.24) is 14.6 Å². The lowest BCUT2D eigenvalue weighted by Gasteiger charge is -1.93. The van der Waals surface area contributed by atoms with Crippen molar-refractivity contribution in [3.63, 3.8) is 0 Å². The van der Waals surface area contributed by atoms with Gasteiger partial charge in [-0.3, -0.25) is 4.79 Å². The lowest BCUT2D eigenvalue weighted by molar-refractivity contribution is 0.434. The van der Waals surface area contributed by atoms with Crippen LogP contribution < -0.4 is 5.56 Å². The van der Waals surface area contributed by atoms with Crippen LogP contribution in [0.2, 0.25) is 0 Å². The summed E-state index contributed by atoms with van der Waals surface area (Å²) in [4.78, 5) is 13.2. The van der Waals surface area contributed by atoms with Crippen LogP contribution in [0.5, 0.6) is 5.88 Å². The van der Waals surface area contributed by atoms with E-state index in [0.717, 1.165) is 4.52 Å². The molecule has 0 fully saturated rings. The number of aromatic amines is 1. The summed E-state index contributed by atoms with van der Waals surface area (Å²) >= 11 is 0. The Morgan fingerprint density at radius 2 is 2.64 bits per heavy atom. The van der Waals surface area contributed by atoms with Gasteiger partial charge in [-0.2, -0.15) is 9.61 Å². The van der Waals surface area contributed by atoms with E-state index in [-0.39, 0.29) is 17.9 Å². The zero-order valence-corrected chi connectivity index (χ0v) is 5.25. The Morgan fingerprint density at radius 1 is 1.82 bits per heavy atom. The van der Waals surface area contributed by atoms with Crippen LogP contribution in [0.4, 0.5) is 0 Å². The minimum Gasteiger partial charge on any atom is -0.493 e. The Labute approximate surface area is 65.1 Å². The SMILES string of the molecule is [2H]c1nn2c(O)c([2H])c(=O)[nH]c2c1[2H]. The third kappa shape index (κ3) is 0.778. The molecule has 0 aromatic carbocycles. The van der Waals surface area contributed by atoms with E-state index in [1.807, 2.05) is 0 Å². The summed E-state index contributed by atoms with van der Waals surface area (Å²) in [6.07, 6.45) is -0.374. The average molecular weight is 154 g/mol. The Bertz CT molecular complexity index is 574. The Kier molecular flexibility index (Phi) is 0.599. The first kappa shape index (κ1) is 3.56. The highest BCUT2D eigenvalue weighted by Gasteiger charge is 1.99. The van der Waals surface area contributed by atoms with Gasteiger partial charge in [0.15, 0.2) is 0 Å². The fourth-order valence-corrected chi connectivity index (χ4v) is 0.762. The van der Waals surface area contributed by atoms with Crippen LogP contribution in [0, 0.1) is 0 Å². The minimum absolute atomic E-state index is 0.0894. The Balaban J connectivity index is 3.05. The highest BCUT2D eigenvalue weighted by atomic mass is 16.3. The van der Waals surface area contributed by atoms with Crippen LogP contribution in [0.1, 0.15) is 4.11 Å². The molecule has 2 heterocycles. The molecule has 0 atom stereocenters. The van der Waals surface area contributed by atoms with Gasteiger partial charge in [0.25, 0.3) is 5.56 Å². The molecule has 2 aromatic heterocycles. The number of hydrogen-bond donors (Lipinski definition) is 2. The van der Waals surface area contributed by atoms with Gasteiger partial charge in [0.05, 0.1) is 16.3 Å². The van der Waals surface area contributed by atoms with Crippen LogP contribution in [0.3, 0.4) is 0 Å². The zero-order chi connectivity index (χ0) is 10.5. The fourth-order valence-electron chi connectivity index (χ4n) is 0.762. The number of fused-ring (bicyclic) bond motifs is 1. The molecule has 11 heavy (non-hydrogen) atoms. The third-order valence-corrected chi connectivity index (χ3v) is 1.19. The highest BCUT2D eigenvalue weighted by molar-refractivity contribution is 5.37. The average Bonchev–Trinajstić information content (AvgIpc) is 2.42. The number of H-pyrrole nitrogens is 1. The molecule has 0 amide bonds. The molecule has 0 aliphatic rings. The molecule has 5 nitrogen and oxygen atoms in total. The summed E-state index contributed by atoms with van der Waals surface area (Å²) in [5.41, 5.74) is -0.906. The van der Waals surface area contributed by atoms with E-state index >= 15 is 0 Å². The van der Waals surface area contributed by atoms with Gasteiger partial charge in [0.2, 0.25) is 5.88 Å². The van der Waals surface area contributed by atoms with E-state index in [1.54, 1.807) is 0 Å². The van der Waals surface area contributed by atoms with E-state index in [4.69, 9.17) is 4.11 Å². The Hall–Kier alpha value is -1.78. The number of aromatic hydroxyl groups is 1. The number of hydrogen-bond acceptors (Lipinski definition) is 3. The van der Waals surface area contributed by atoms with Crippen LogP contribution in [0.15, 0.2) is 23.1 Å². The van der Waals surface area contributed by atoms with Gasteiger partial charge in [-0.1, -0.05) is 0 Å². The second kappa shape index (κ2) is 1.85. The molecule has 0 radical (unpaired) electrons. The molecule has 0 spiro atoms. The quantitative estimate of drug-likeness (QED) is 0.548. The van der Waals surface area contributed by atoms with Gasteiger partial charge in [-0.25, -0.2) is 0 Å². The van der Waals surface area contributed by atoms with Crippen LogP contribution in [-0.4, -0.2) is 19.7 Å². The van der Waals surface area contributed by atoms with Crippen molar-refractivity contribution in [2.45, 2.75) is 0 Å². The summed E-state index contributed by atoms with van der Waals surface area (Å²) in [7, 11) is 0. The molecular formula is C6H5N3O2. The maximum absolute atomic E-state index is 11.0. The molecule has 2 aromatic rings. The second-order valence-corrected chi connectivity index (χ2v) is 1.90. The van der Waals surface area contributed by atoms with Crippen LogP contribution in [0.25, 0.3) is 5.65 Å². The molecule has 0 unspecified atom stereocenters. The topological polar surface area (TPSA) is 70.4 Å². The highest BCUT2D eigenvalue weighted by Crippen LogP contribution is 2.04. The molecule has 0 saturated heterocycles.